The number of anilines is 1. The lowest BCUT2D eigenvalue weighted by molar-refractivity contribution is 0.414. The molecule has 1 aliphatic rings. The van der Waals surface area contributed by atoms with Gasteiger partial charge in [-0.25, -0.2) is 4.68 Å². The van der Waals surface area contributed by atoms with Crippen molar-refractivity contribution in [1.82, 2.24) is 9.78 Å². The zero-order valence-electron chi connectivity index (χ0n) is 14.0. The number of hydrogen-bond acceptors (Lipinski definition) is 4. The Labute approximate surface area is 146 Å². The number of rotatable bonds is 4. The first-order chi connectivity index (χ1) is 12.3. The van der Waals surface area contributed by atoms with Crippen molar-refractivity contribution < 1.29 is 4.74 Å². The van der Waals surface area contributed by atoms with Crippen LogP contribution >= 0.6 is 0 Å². The summed E-state index contributed by atoms with van der Waals surface area (Å²) in [5.74, 6) is 1.92. The highest BCUT2D eigenvalue weighted by molar-refractivity contribution is 5.58. The van der Waals surface area contributed by atoms with Crippen molar-refractivity contribution in [3.8, 4) is 17.5 Å². The first-order valence-electron chi connectivity index (χ1n) is 8.26. The van der Waals surface area contributed by atoms with E-state index in [1.54, 1.807) is 7.11 Å². The van der Waals surface area contributed by atoms with E-state index in [4.69, 9.17) is 15.1 Å². The van der Waals surface area contributed by atoms with Crippen molar-refractivity contribution in [1.29, 1.82) is 5.26 Å². The topological polar surface area (TPSA) is 62.9 Å². The molecule has 0 bridgehead atoms. The summed E-state index contributed by atoms with van der Waals surface area (Å²) in [6, 6.07) is 17.8. The van der Waals surface area contributed by atoms with Gasteiger partial charge in [0, 0.05) is 18.5 Å². The van der Waals surface area contributed by atoms with E-state index in [1.807, 2.05) is 41.1 Å². The molecular weight excluding hydrogens is 312 g/mol. The zero-order valence-corrected chi connectivity index (χ0v) is 14.0. The molecule has 5 heteroatoms. The molecule has 1 N–H and O–H groups in total. The van der Waals surface area contributed by atoms with Crippen LogP contribution in [0.2, 0.25) is 0 Å². The Morgan fingerprint density at radius 3 is 2.84 bits per heavy atom. The molecule has 0 aliphatic carbocycles. The first kappa shape index (κ1) is 15.3. The van der Waals surface area contributed by atoms with Crippen LogP contribution in [0.4, 0.5) is 5.82 Å². The number of fused-ring (bicyclic) bond motifs is 1. The minimum absolute atomic E-state index is 0.650. The fourth-order valence-electron chi connectivity index (χ4n) is 3.23. The summed E-state index contributed by atoms with van der Waals surface area (Å²) < 4.78 is 7.26. The predicted molar refractivity (Wildman–Crippen MR) is 96.3 cm³/mol. The third-order valence-corrected chi connectivity index (χ3v) is 4.48. The van der Waals surface area contributed by atoms with Crippen LogP contribution in [0.3, 0.4) is 0 Å². The summed E-state index contributed by atoms with van der Waals surface area (Å²) in [4.78, 5) is 0. The number of aromatic nitrogens is 2. The van der Waals surface area contributed by atoms with Crippen LogP contribution in [0, 0.1) is 11.3 Å². The summed E-state index contributed by atoms with van der Waals surface area (Å²) in [5.41, 5.74) is 5.14. The van der Waals surface area contributed by atoms with Crippen LogP contribution in [-0.4, -0.2) is 23.4 Å². The maximum absolute atomic E-state index is 8.97. The molecule has 0 spiro atoms. The molecule has 0 atom stereocenters. The van der Waals surface area contributed by atoms with Gasteiger partial charge in [0.15, 0.2) is 0 Å². The van der Waals surface area contributed by atoms with E-state index in [1.165, 1.54) is 11.1 Å². The van der Waals surface area contributed by atoms with Gasteiger partial charge >= 0.3 is 0 Å². The molecule has 0 saturated heterocycles. The monoisotopic (exact) mass is 330 g/mol. The minimum Gasteiger partial charge on any atom is -0.497 e. The molecule has 1 aliphatic heterocycles. The maximum Gasteiger partial charge on any atom is 0.133 e. The van der Waals surface area contributed by atoms with Gasteiger partial charge in [0.25, 0.3) is 0 Å². The first-order valence-corrected chi connectivity index (χ1v) is 8.26. The predicted octanol–water partition coefficient (Wildman–Crippen LogP) is 3.31. The summed E-state index contributed by atoms with van der Waals surface area (Å²) in [6.45, 7) is 0.925. The van der Waals surface area contributed by atoms with Crippen LogP contribution < -0.4 is 10.1 Å². The molecule has 1 aromatic heterocycles. The highest BCUT2D eigenvalue weighted by Gasteiger charge is 2.23. The van der Waals surface area contributed by atoms with Crippen molar-refractivity contribution in [2.45, 2.75) is 12.8 Å². The molecule has 5 nitrogen and oxygen atoms in total. The average molecular weight is 330 g/mol. The second-order valence-corrected chi connectivity index (χ2v) is 6.05. The molecule has 2 heterocycles. The SMILES string of the molecule is COc1cccc(Cc2nn(-c3ccc(C#N)cc3)c3c2CCN3)c1. The molecule has 0 fully saturated rings. The van der Waals surface area contributed by atoms with E-state index in [0.29, 0.717) is 5.56 Å². The summed E-state index contributed by atoms with van der Waals surface area (Å²) >= 11 is 0. The summed E-state index contributed by atoms with van der Waals surface area (Å²) in [5, 5.41) is 17.2. The van der Waals surface area contributed by atoms with Gasteiger partial charge in [0.05, 0.1) is 30.1 Å². The molecule has 4 rings (SSSR count). The van der Waals surface area contributed by atoms with Crippen LogP contribution in [0.5, 0.6) is 5.75 Å². The fourth-order valence-corrected chi connectivity index (χ4v) is 3.23. The second kappa shape index (κ2) is 6.33. The normalized spacial score (nSPS) is 12.3. The van der Waals surface area contributed by atoms with E-state index in [0.717, 1.165) is 42.3 Å². The van der Waals surface area contributed by atoms with Crippen molar-refractivity contribution in [2.24, 2.45) is 0 Å². The third-order valence-electron chi connectivity index (χ3n) is 4.48. The molecular formula is C20H18N4O. The van der Waals surface area contributed by atoms with Crippen molar-refractivity contribution in [3.05, 3.63) is 70.9 Å². The Bertz CT molecular complexity index is 951. The van der Waals surface area contributed by atoms with Crippen LogP contribution in [0.1, 0.15) is 22.4 Å². The Balaban J connectivity index is 1.71. The lowest BCUT2D eigenvalue weighted by atomic mass is 10.1. The summed E-state index contributed by atoms with van der Waals surface area (Å²) in [7, 11) is 1.68. The number of ether oxygens (including phenoxy) is 1. The quantitative estimate of drug-likeness (QED) is 0.797. The molecule has 3 aromatic rings. The highest BCUT2D eigenvalue weighted by Crippen LogP contribution is 2.30. The molecule has 0 unspecified atom stereocenters. The maximum atomic E-state index is 8.97. The van der Waals surface area contributed by atoms with E-state index in [-0.39, 0.29) is 0 Å². The molecule has 0 saturated carbocycles. The van der Waals surface area contributed by atoms with E-state index >= 15 is 0 Å². The van der Waals surface area contributed by atoms with Gasteiger partial charge in [-0.2, -0.15) is 10.4 Å². The van der Waals surface area contributed by atoms with E-state index in [2.05, 4.69) is 23.5 Å². The number of hydrogen-bond donors (Lipinski definition) is 1. The van der Waals surface area contributed by atoms with Gasteiger partial charge in [-0.1, -0.05) is 12.1 Å². The van der Waals surface area contributed by atoms with Gasteiger partial charge in [-0.15, -0.1) is 0 Å². The van der Waals surface area contributed by atoms with Crippen molar-refractivity contribution in [3.63, 3.8) is 0 Å². The third kappa shape index (κ3) is 2.83. The number of nitriles is 1. The lowest BCUT2D eigenvalue weighted by Crippen LogP contribution is -2.05. The number of nitrogens with zero attached hydrogens (tertiary/aromatic N) is 3. The molecule has 124 valence electrons. The molecule has 0 amide bonds. The number of benzene rings is 2. The van der Waals surface area contributed by atoms with Gasteiger partial charge in [-0.05, 0) is 48.4 Å². The van der Waals surface area contributed by atoms with E-state index < -0.39 is 0 Å². The smallest absolute Gasteiger partial charge is 0.133 e. The Morgan fingerprint density at radius 1 is 1.24 bits per heavy atom. The Hall–Kier alpha value is -3.26. The van der Waals surface area contributed by atoms with Crippen molar-refractivity contribution >= 4 is 5.82 Å². The Morgan fingerprint density at radius 2 is 2.08 bits per heavy atom. The minimum atomic E-state index is 0.650. The van der Waals surface area contributed by atoms with Gasteiger partial charge in [0.1, 0.15) is 11.6 Å². The molecule has 25 heavy (non-hydrogen) atoms. The average Bonchev–Trinajstić information content (AvgIpc) is 3.26. The number of methoxy groups -OCH3 is 1. The summed E-state index contributed by atoms with van der Waals surface area (Å²) in [6.07, 6.45) is 1.75. The highest BCUT2D eigenvalue weighted by atomic mass is 16.5. The van der Waals surface area contributed by atoms with Crippen LogP contribution in [0.15, 0.2) is 48.5 Å². The van der Waals surface area contributed by atoms with Gasteiger partial charge in [-0.3, -0.25) is 0 Å². The molecule has 0 radical (unpaired) electrons. The van der Waals surface area contributed by atoms with Gasteiger partial charge < -0.3 is 10.1 Å². The largest absolute Gasteiger partial charge is 0.497 e. The van der Waals surface area contributed by atoms with Crippen molar-refractivity contribution in [2.75, 3.05) is 19.0 Å². The Kier molecular flexibility index (Phi) is 3.87. The number of nitrogens with one attached hydrogen (secondary N) is 1. The second-order valence-electron chi connectivity index (χ2n) is 6.05. The standard InChI is InChI=1S/C20H18N4O/c1-25-17-4-2-3-15(11-17)12-19-18-9-10-22-20(18)24(23-19)16-7-5-14(13-21)6-8-16/h2-8,11,22H,9-10,12H2,1H3. The molecule has 2 aromatic carbocycles. The fraction of sp³-hybridized carbons (Fsp3) is 0.200. The van der Waals surface area contributed by atoms with Crippen LogP contribution in [-0.2, 0) is 12.8 Å². The van der Waals surface area contributed by atoms with Gasteiger partial charge in [0.2, 0.25) is 0 Å². The zero-order chi connectivity index (χ0) is 17.2. The lowest BCUT2D eigenvalue weighted by Gasteiger charge is -2.06. The van der Waals surface area contributed by atoms with Crippen LogP contribution in [0.25, 0.3) is 5.69 Å². The van der Waals surface area contributed by atoms with E-state index in [9.17, 15) is 0 Å².